The molecule has 2 unspecified atom stereocenters. The van der Waals surface area contributed by atoms with Crippen LogP contribution >= 0.6 is 0 Å². The summed E-state index contributed by atoms with van der Waals surface area (Å²) < 4.78 is 2.12. The molecule has 0 aliphatic carbocycles. The zero-order chi connectivity index (χ0) is 14.7. The Hall–Kier alpha value is -1.65. The third kappa shape index (κ3) is 3.17. The molecule has 4 heteroatoms. The van der Waals surface area contributed by atoms with E-state index in [1.165, 1.54) is 12.0 Å². The molecular formula is C17H24N4. The van der Waals surface area contributed by atoms with Gasteiger partial charge < -0.3 is 9.88 Å². The lowest BCUT2D eigenvalue weighted by Crippen LogP contribution is -2.52. The molecule has 2 aromatic rings. The van der Waals surface area contributed by atoms with Crippen LogP contribution < -0.4 is 5.32 Å². The lowest BCUT2D eigenvalue weighted by Gasteiger charge is -2.40. The number of rotatable bonds is 4. The van der Waals surface area contributed by atoms with Gasteiger partial charge in [0.2, 0.25) is 0 Å². The first kappa shape index (κ1) is 14.3. The fraction of sp³-hybridized carbons (Fsp3) is 0.471. The molecule has 21 heavy (non-hydrogen) atoms. The highest BCUT2D eigenvalue weighted by molar-refractivity contribution is 5.20. The molecule has 0 radical (unpaired) electrons. The van der Waals surface area contributed by atoms with Gasteiger partial charge in [0.05, 0.1) is 6.54 Å². The number of benzene rings is 1. The van der Waals surface area contributed by atoms with Gasteiger partial charge in [0.15, 0.2) is 0 Å². The van der Waals surface area contributed by atoms with E-state index in [1.54, 1.807) is 0 Å². The average molecular weight is 284 g/mol. The lowest BCUT2D eigenvalue weighted by atomic mass is 10.0. The molecule has 1 N–H and O–H groups in total. The maximum atomic E-state index is 4.48. The van der Waals surface area contributed by atoms with Gasteiger partial charge in [-0.1, -0.05) is 37.3 Å². The van der Waals surface area contributed by atoms with E-state index >= 15 is 0 Å². The molecule has 2 atom stereocenters. The van der Waals surface area contributed by atoms with Crippen LogP contribution in [0.2, 0.25) is 0 Å². The Bertz CT molecular complexity index is 563. The molecule has 1 aliphatic heterocycles. The fourth-order valence-corrected chi connectivity index (χ4v) is 3.09. The minimum atomic E-state index is 0.411. The Balaban J connectivity index is 1.74. The Morgan fingerprint density at radius 3 is 2.76 bits per heavy atom. The van der Waals surface area contributed by atoms with Crippen LogP contribution in [-0.4, -0.2) is 33.6 Å². The molecule has 0 amide bonds. The quantitative estimate of drug-likeness (QED) is 0.935. The molecule has 1 aromatic carbocycles. The van der Waals surface area contributed by atoms with Crippen molar-refractivity contribution < 1.29 is 0 Å². The van der Waals surface area contributed by atoms with E-state index in [4.69, 9.17) is 0 Å². The van der Waals surface area contributed by atoms with Gasteiger partial charge >= 0.3 is 0 Å². The highest BCUT2D eigenvalue weighted by atomic mass is 15.3. The van der Waals surface area contributed by atoms with Crippen LogP contribution in [-0.2, 0) is 13.6 Å². The van der Waals surface area contributed by atoms with E-state index in [2.05, 4.69) is 64.1 Å². The molecule has 1 saturated heterocycles. The number of nitrogens with zero attached hydrogens (tertiary/aromatic N) is 3. The third-order valence-electron chi connectivity index (χ3n) is 4.47. The monoisotopic (exact) mass is 284 g/mol. The predicted octanol–water partition coefficient (Wildman–Crippen LogP) is 2.35. The second-order valence-electron chi connectivity index (χ2n) is 5.82. The SMILES string of the molecule is CCC1CNC(c2ccccc2)CN1Cc1nccn1C. The highest BCUT2D eigenvalue weighted by Crippen LogP contribution is 2.22. The molecule has 1 aliphatic rings. The summed E-state index contributed by atoms with van der Waals surface area (Å²) in [7, 11) is 2.07. The number of imidazole rings is 1. The molecule has 0 bridgehead atoms. The maximum Gasteiger partial charge on any atom is 0.122 e. The van der Waals surface area contributed by atoms with Gasteiger partial charge in [0.1, 0.15) is 5.82 Å². The summed E-state index contributed by atoms with van der Waals surface area (Å²) >= 11 is 0. The normalized spacial score (nSPS) is 23.3. The molecule has 1 aromatic heterocycles. The van der Waals surface area contributed by atoms with Gasteiger partial charge in [0, 0.05) is 44.6 Å². The summed E-state index contributed by atoms with van der Waals surface area (Å²) in [5, 5.41) is 3.69. The highest BCUT2D eigenvalue weighted by Gasteiger charge is 2.28. The van der Waals surface area contributed by atoms with Crippen molar-refractivity contribution in [2.45, 2.75) is 32.0 Å². The number of aryl methyl sites for hydroxylation is 1. The first-order valence-corrected chi connectivity index (χ1v) is 7.76. The topological polar surface area (TPSA) is 33.1 Å². The van der Waals surface area contributed by atoms with Crippen molar-refractivity contribution in [3.8, 4) is 0 Å². The minimum absolute atomic E-state index is 0.411. The second-order valence-corrected chi connectivity index (χ2v) is 5.82. The van der Waals surface area contributed by atoms with Gasteiger partial charge in [-0.15, -0.1) is 0 Å². The first-order valence-electron chi connectivity index (χ1n) is 7.76. The summed E-state index contributed by atoms with van der Waals surface area (Å²) in [5.41, 5.74) is 1.37. The van der Waals surface area contributed by atoms with Gasteiger partial charge in [-0.05, 0) is 12.0 Å². The average Bonchev–Trinajstić information content (AvgIpc) is 2.93. The largest absolute Gasteiger partial charge is 0.337 e. The van der Waals surface area contributed by atoms with Crippen LogP contribution in [0.5, 0.6) is 0 Å². The van der Waals surface area contributed by atoms with Crippen LogP contribution in [0.25, 0.3) is 0 Å². The van der Waals surface area contributed by atoms with Crippen molar-refractivity contribution >= 4 is 0 Å². The number of aromatic nitrogens is 2. The molecule has 2 heterocycles. The van der Waals surface area contributed by atoms with E-state index in [0.717, 1.165) is 25.5 Å². The Morgan fingerprint density at radius 2 is 2.10 bits per heavy atom. The summed E-state index contributed by atoms with van der Waals surface area (Å²) in [6.45, 7) is 5.27. The van der Waals surface area contributed by atoms with Crippen LogP contribution in [0.15, 0.2) is 42.7 Å². The van der Waals surface area contributed by atoms with Crippen LogP contribution in [0, 0.1) is 0 Å². The molecule has 4 nitrogen and oxygen atoms in total. The zero-order valence-corrected chi connectivity index (χ0v) is 12.9. The molecule has 3 rings (SSSR count). The lowest BCUT2D eigenvalue weighted by molar-refractivity contribution is 0.115. The van der Waals surface area contributed by atoms with Gasteiger partial charge in [-0.3, -0.25) is 4.90 Å². The number of nitrogens with one attached hydrogen (secondary N) is 1. The van der Waals surface area contributed by atoms with E-state index < -0.39 is 0 Å². The van der Waals surface area contributed by atoms with Crippen LogP contribution in [0.1, 0.15) is 30.8 Å². The number of hydrogen-bond donors (Lipinski definition) is 1. The minimum Gasteiger partial charge on any atom is -0.337 e. The van der Waals surface area contributed by atoms with Crippen LogP contribution in [0.3, 0.4) is 0 Å². The zero-order valence-electron chi connectivity index (χ0n) is 12.9. The standard InChI is InChI=1S/C17H24N4/c1-3-15-11-19-16(14-7-5-4-6-8-14)12-21(15)13-17-18-9-10-20(17)2/h4-10,15-16,19H,3,11-13H2,1-2H3. The van der Waals surface area contributed by atoms with E-state index in [1.807, 2.05) is 12.4 Å². The number of piperazine rings is 1. The maximum absolute atomic E-state index is 4.48. The predicted molar refractivity (Wildman–Crippen MR) is 84.9 cm³/mol. The van der Waals surface area contributed by atoms with Crippen molar-refractivity contribution in [2.75, 3.05) is 13.1 Å². The summed E-state index contributed by atoms with van der Waals surface area (Å²) in [5.74, 6) is 1.14. The van der Waals surface area contributed by atoms with Crippen molar-refractivity contribution in [1.29, 1.82) is 0 Å². The molecule has 1 fully saturated rings. The van der Waals surface area contributed by atoms with Crippen LogP contribution in [0.4, 0.5) is 0 Å². The molecule has 0 spiro atoms. The van der Waals surface area contributed by atoms with Crippen molar-refractivity contribution in [3.63, 3.8) is 0 Å². The van der Waals surface area contributed by atoms with E-state index in [0.29, 0.717) is 12.1 Å². The third-order valence-corrected chi connectivity index (χ3v) is 4.47. The van der Waals surface area contributed by atoms with Crippen molar-refractivity contribution in [1.82, 2.24) is 19.8 Å². The number of hydrogen-bond acceptors (Lipinski definition) is 3. The smallest absolute Gasteiger partial charge is 0.122 e. The summed E-state index contributed by atoms with van der Waals surface area (Å²) in [6.07, 6.45) is 5.07. The Kier molecular flexibility index (Phi) is 4.36. The summed E-state index contributed by atoms with van der Waals surface area (Å²) in [4.78, 5) is 7.04. The van der Waals surface area contributed by atoms with Crippen molar-refractivity contribution in [2.24, 2.45) is 7.05 Å². The molecular weight excluding hydrogens is 260 g/mol. The Labute approximate surface area is 126 Å². The first-order chi connectivity index (χ1) is 10.3. The molecule has 112 valence electrons. The van der Waals surface area contributed by atoms with Gasteiger partial charge in [-0.25, -0.2) is 4.98 Å². The second kappa shape index (κ2) is 6.41. The fourth-order valence-electron chi connectivity index (χ4n) is 3.09. The Morgan fingerprint density at radius 1 is 1.29 bits per heavy atom. The molecule has 0 saturated carbocycles. The summed E-state index contributed by atoms with van der Waals surface area (Å²) in [6, 6.07) is 11.7. The van der Waals surface area contributed by atoms with E-state index in [9.17, 15) is 0 Å². The van der Waals surface area contributed by atoms with Crippen molar-refractivity contribution in [3.05, 3.63) is 54.1 Å². The van der Waals surface area contributed by atoms with Gasteiger partial charge in [-0.2, -0.15) is 0 Å². The van der Waals surface area contributed by atoms with Gasteiger partial charge in [0.25, 0.3) is 0 Å². The van der Waals surface area contributed by atoms with E-state index in [-0.39, 0.29) is 0 Å².